The van der Waals surface area contributed by atoms with Crippen LogP contribution in [-0.4, -0.2) is 17.5 Å². The summed E-state index contributed by atoms with van der Waals surface area (Å²) < 4.78 is 0. The molecular formula is C18H21N. The molecule has 0 aliphatic carbocycles. The topological polar surface area (TPSA) is 3.24 Å². The Balaban J connectivity index is 2.19. The van der Waals surface area contributed by atoms with Gasteiger partial charge in [-0.05, 0) is 37.6 Å². The van der Waals surface area contributed by atoms with Gasteiger partial charge in [0.05, 0.1) is 0 Å². The molecule has 0 radical (unpaired) electrons. The molecule has 1 heterocycles. The van der Waals surface area contributed by atoms with Gasteiger partial charge in [0.25, 0.3) is 0 Å². The monoisotopic (exact) mass is 251 g/mol. The molecule has 0 fully saturated rings. The van der Waals surface area contributed by atoms with Crippen molar-refractivity contribution < 1.29 is 0 Å². The molecule has 1 heteroatoms. The maximum atomic E-state index is 2.47. The molecule has 1 nitrogen and oxygen atoms in total. The van der Waals surface area contributed by atoms with Gasteiger partial charge >= 0.3 is 0 Å². The predicted octanol–water partition coefficient (Wildman–Crippen LogP) is 4.04. The summed E-state index contributed by atoms with van der Waals surface area (Å²) in [6.07, 6.45) is 0. The zero-order valence-electron chi connectivity index (χ0n) is 11.9. The summed E-state index contributed by atoms with van der Waals surface area (Å²) in [6.45, 7) is 5.73. The molecule has 3 rings (SSSR count). The second-order valence-electron chi connectivity index (χ2n) is 6.05. The van der Waals surface area contributed by atoms with Crippen LogP contribution in [0.1, 0.15) is 36.5 Å². The van der Waals surface area contributed by atoms with Crippen LogP contribution >= 0.6 is 0 Å². The lowest BCUT2D eigenvalue weighted by atomic mass is 9.72. The molecule has 1 aliphatic heterocycles. The molecule has 1 unspecified atom stereocenters. The smallest absolute Gasteiger partial charge is 0.0272 e. The van der Waals surface area contributed by atoms with Crippen molar-refractivity contribution in [1.82, 2.24) is 4.90 Å². The first-order valence-corrected chi connectivity index (χ1v) is 6.94. The van der Waals surface area contributed by atoms with Crippen LogP contribution in [0.4, 0.5) is 0 Å². The number of benzene rings is 2. The van der Waals surface area contributed by atoms with Crippen molar-refractivity contribution in [2.24, 2.45) is 0 Å². The molecule has 19 heavy (non-hydrogen) atoms. The standard InChI is InChI=1S/C18H21N/c1-18(2)17(14-9-5-4-6-10-14)16-12-8-7-11-15(16)13-19(18)3/h4-12,17H,13H2,1-3H3. The summed E-state index contributed by atoms with van der Waals surface area (Å²) >= 11 is 0. The van der Waals surface area contributed by atoms with E-state index in [0.717, 1.165) is 6.54 Å². The third-order valence-corrected chi connectivity index (χ3v) is 4.60. The molecule has 2 aromatic carbocycles. The maximum Gasteiger partial charge on any atom is 0.0272 e. The first-order chi connectivity index (χ1) is 9.10. The number of nitrogens with zero attached hydrogens (tertiary/aromatic N) is 1. The second-order valence-corrected chi connectivity index (χ2v) is 6.05. The summed E-state index contributed by atoms with van der Waals surface area (Å²) in [6, 6.07) is 19.7. The van der Waals surface area contributed by atoms with Crippen LogP contribution in [0.3, 0.4) is 0 Å². The Labute approximate surface area is 115 Å². The van der Waals surface area contributed by atoms with Gasteiger partial charge in [0.1, 0.15) is 0 Å². The summed E-state index contributed by atoms with van der Waals surface area (Å²) in [4.78, 5) is 2.47. The van der Waals surface area contributed by atoms with Crippen molar-refractivity contribution in [2.45, 2.75) is 31.8 Å². The predicted molar refractivity (Wildman–Crippen MR) is 80.3 cm³/mol. The molecule has 0 bridgehead atoms. The minimum atomic E-state index is 0.135. The first kappa shape index (κ1) is 12.4. The van der Waals surface area contributed by atoms with Crippen LogP contribution in [0.25, 0.3) is 0 Å². The third-order valence-electron chi connectivity index (χ3n) is 4.60. The van der Waals surface area contributed by atoms with Crippen LogP contribution in [0.15, 0.2) is 54.6 Å². The first-order valence-electron chi connectivity index (χ1n) is 6.94. The van der Waals surface area contributed by atoms with E-state index in [4.69, 9.17) is 0 Å². The SMILES string of the molecule is CN1Cc2ccccc2C(c2ccccc2)C1(C)C. The number of rotatable bonds is 1. The lowest BCUT2D eigenvalue weighted by Gasteiger charge is -2.47. The Kier molecular flexibility index (Phi) is 2.94. The van der Waals surface area contributed by atoms with Crippen molar-refractivity contribution >= 4 is 0 Å². The quantitative estimate of drug-likeness (QED) is 0.739. The van der Waals surface area contributed by atoms with Crippen molar-refractivity contribution in [3.8, 4) is 0 Å². The molecule has 1 atom stereocenters. The van der Waals surface area contributed by atoms with E-state index in [1.54, 1.807) is 0 Å². The van der Waals surface area contributed by atoms with Gasteiger partial charge in [-0.15, -0.1) is 0 Å². The van der Waals surface area contributed by atoms with E-state index in [2.05, 4.69) is 80.4 Å². The van der Waals surface area contributed by atoms with Gasteiger partial charge < -0.3 is 0 Å². The van der Waals surface area contributed by atoms with Gasteiger partial charge in [-0.1, -0.05) is 54.6 Å². The summed E-state index contributed by atoms with van der Waals surface area (Å²) in [5.74, 6) is 0.434. The molecule has 0 amide bonds. The summed E-state index contributed by atoms with van der Waals surface area (Å²) in [5, 5.41) is 0. The van der Waals surface area contributed by atoms with Crippen LogP contribution in [0.2, 0.25) is 0 Å². The third kappa shape index (κ3) is 1.98. The normalized spacial score (nSPS) is 21.9. The van der Waals surface area contributed by atoms with E-state index in [1.807, 2.05) is 0 Å². The zero-order chi connectivity index (χ0) is 13.5. The van der Waals surface area contributed by atoms with Crippen molar-refractivity contribution in [1.29, 1.82) is 0 Å². The molecule has 1 aliphatic rings. The van der Waals surface area contributed by atoms with E-state index in [0.29, 0.717) is 5.92 Å². The number of hydrogen-bond donors (Lipinski definition) is 0. The van der Waals surface area contributed by atoms with Crippen LogP contribution < -0.4 is 0 Å². The lowest BCUT2D eigenvalue weighted by Crippen LogP contribution is -2.49. The fourth-order valence-electron chi connectivity index (χ4n) is 3.25. The fourth-order valence-corrected chi connectivity index (χ4v) is 3.25. The average Bonchev–Trinajstić information content (AvgIpc) is 2.41. The Hall–Kier alpha value is -1.60. The van der Waals surface area contributed by atoms with Crippen molar-refractivity contribution in [3.63, 3.8) is 0 Å². The highest BCUT2D eigenvalue weighted by molar-refractivity contribution is 5.43. The van der Waals surface area contributed by atoms with Gasteiger partial charge in [0, 0.05) is 18.0 Å². The molecule has 0 N–H and O–H groups in total. The van der Waals surface area contributed by atoms with E-state index in [-0.39, 0.29) is 5.54 Å². The van der Waals surface area contributed by atoms with Crippen LogP contribution in [0.5, 0.6) is 0 Å². The van der Waals surface area contributed by atoms with Gasteiger partial charge in [-0.25, -0.2) is 0 Å². The lowest BCUT2D eigenvalue weighted by molar-refractivity contribution is 0.113. The number of hydrogen-bond acceptors (Lipinski definition) is 1. The molecule has 0 saturated heterocycles. The number of fused-ring (bicyclic) bond motifs is 1. The van der Waals surface area contributed by atoms with E-state index in [9.17, 15) is 0 Å². The molecular weight excluding hydrogens is 230 g/mol. The van der Waals surface area contributed by atoms with E-state index >= 15 is 0 Å². The highest BCUT2D eigenvalue weighted by atomic mass is 15.2. The Morgan fingerprint density at radius 1 is 0.947 bits per heavy atom. The van der Waals surface area contributed by atoms with Gasteiger partial charge in [0.2, 0.25) is 0 Å². The van der Waals surface area contributed by atoms with Crippen molar-refractivity contribution in [3.05, 3.63) is 71.3 Å². The van der Waals surface area contributed by atoms with Gasteiger partial charge in [0.15, 0.2) is 0 Å². The van der Waals surface area contributed by atoms with Gasteiger partial charge in [-0.3, -0.25) is 4.90 Å². The highest BCUT2D eigenvalue weighted by Gasteiger charge is 2.40. The van der Waals surface area contributed by atoms with Crippen molar-refractivity contribution in [2.75, 3.05) is 7.05 Å². The summed E-state index contributed by atoms with van der Waals surface area (Å²) in [7, 11) is 2.23. The van der Waals surface area contributed by atoms with Gasteiger partial charge in [-0.2, -0.15) is 0 Å². The summed E-state index contributed by atoms with van der Waals surface area (Å²) in [5.41, 5.74) is 4.48. The average molecular weight is 251 g/mol. The molecule has 2 aromatic rings. The van der Waals surface area contributed by atoms with E-state index < -0.39 is 0 Å². The molecule has 0 saturated carbocycles. The largest absolute Gasteiger partial charge is 0.296 e. The molecule has 98 valence electrons. The zero-order valence-corrected chi connectivity index (χ0v) is 11.9. The molecule has 0 spiro atoms. The fraction of sp³-hybridized carbons (Fsp3) is 0.333. The second kappa shape index (κ2) is 4.50. The minimum Gasteiger partial charge on any atom is -0.296 e. The maximum absolute atomic E-state index is 2.47. The Morgan fingerprint density at radius 3 is 2.32 bits per heavy atom. The Morgan fingerprint density at radius 2 is 1.58 bits per heavy atom. The van der Waals surface area contributed by atoms with Crippen LogP contribution in [0, 0.1) is 0 Å². The minimum absolute atomic E-state index is 0.135. The molecule has 0 aromatic heterocycles. The number of likely N-dealkylation sites (N-methyl/N-ethyl adjacent to an activating group) is 1. The van der Waals surface area contributed by atoms with Crippen LogP contribution in [-0.2, 0) is 6.54 Å². The van der Waals surface area contributed by atoms with E-state index in [1.165, 1.54) is 16.7 Å². The highest BCUT2D eigenvalue weighted by Crippen LogP contribution is 2.43. The Bertz CT molecular complexity index is 571.